The minimum absolute atomic E-state index is 0.210. The predicted molar refractivity (Wildman–Crippen MR) is 86.7 cm³/mol. The number of nitrogens with one attached hydrogen (secondary N) is 1. The second-order valence-electron chi connectivity index (χ2n) is 5.48. The van der Waals surface area contributed by atoms with E-state index < -0.39 is 28.9 Å². The SMILES string of the molecule is CC(=O)NC1(c2ccccc2)C=CN2C(=O)C(OCC(=O)O)[C@H]2S1. The summed E-state index contributed by atoms with van der Waals surface area (Å²) < 4.78 is 5.20. The molecule has 1 fully saturated rings. The van der Waals surface area contributed by atoms with Crippen LogP contribution in [0.4, 0.5) is 0 Å². The van der Waals surface area contributed by atoms with Crippen molar-refractivity contribution in [3.05, 3.63) is 48.2 Å². The number of carbonyl (C=O) groups excluding carboxylic acids is 2. The van der Waals surface area contributed by atoms with E-state index in [0.717, 1.165) is 5.56 Å². The zero-order valence-electron chi connectivity index (χ0n) is 12.8. The molecule has 7 nitrogen and oxygen atoms in total. The predicted octanol–water partition coefficient (Wildman–Crippen LogP) is 0.874. The number of carboxylic acid groups (broad SMARTS) is 1. The summed E-state index contributed by atoms with van der Waals surface area (Å²) in [5.74, 6) is -1.62. The molecule has 0 spiro atoms. The molecule has 1 saturated heterocycles. The lowest BCUT2D eigenvalue weighted by atomic mass is 10.0. The number of benzene rings is 1. The van der Waals surface area contributed by atoms with Gasteiger partial charge in [-0.2, -0.15) is 0 Å². The van der Waals surface area contributed by atoms with Gasteiger partial charge in [-0.25, -0.2) is 4.79 Å². The average Bonchev–Trinajstić information content (AvgIpc) is 2.54. The van der Waals surface area contributed by atoms with Gasteiger partial charge in [-0.05, 0) is 11.6 Å². The van der Waals surface area contributed by atoms with Gasteiger partial charge in [0.15, 0.2) is 6.10 Å². The summed E-state index contributed by atoms with van der Waals surface area (Å²) in [4.78, 5) is 35.1. The van der Waals surface area contributed by atoms with E-state index in [1.165, 1.54) is 23.6 Å². The Morgan fingerprint density at radius 3 is 2.71 bits per heavy atom. The highest BCUT2D eigenvalue weighted by Gasteiger charge is 2.54. The van der Waals surface area contributed by atoms with Crippen LogP contribution in [0.5, 0.6) is 0 Å². The molecule has 1 aromatic rings. The largest absolute Gasteiger partial charge is 0.480 e. The Morgan fingerprint density at radius 1 is 1.38 bits per heavy atom. The number of aliphatic carboxylic acids is 1. The lowest BCUT2D eigenvalue weighted by Gasteiger charge is -2.50. The molecule has 0 saturated carbocycles. The fourth-order valence-corrected chi connectivity index (χ4v) is 4.32. The normalized spacial score (nSPS) is 28.0. The second kappa shape index (κ2) is 6.29. The molecule has 8 heteroatoms. The second-order valence-corrected chi connectivity index (χ2v) is 6.84. The number of carbonyl (C=O) groups is 3. The molecule has 2 aliphatic heterocycles. The molecular weight excluding hydrogens is 332 g/mol. The number of thioether (sulfide) groups is 1. The van der Waals surface area contributed by atoms with Crippen molar-refractivity contribution in [1.82, 2.24) is 10.2 Å². The van der Waals surface area contributed by atoms with Crippen molar-refractivity contribution < 1.29 is 24.2 Å². The average molecular weight is 348 g/mol. The zero-order chi connectivity index (χ0) is 17.3. The minimum atomic E-state index is -1.13. The molecule has 126 valence electrons. The summed E-state index contributed by atoms with van der Waals surface area (Å²) in [5, 5.41) is 11.3. The van der Waals surface area contributed by atoms with E-state index >= 15 is 0 Å². The van der Waals surface area contributed by atoms with Gasteiger partial charge >= 0.3 is 5.97 Å². The quantitative estimate of drug-likeness (QED) is 0.767. The maximum atomic E-state index is 12.0. The molecule has 24 heavy (non-hydrogen) atoms. The van der Waals surface area contributed by atoms with Gasteiger partial charge in [0.05, 0.1) is 0 Å². The van der Waals surface area contributed by atoms with Gasteiger partial charge in [0.1, 0.15) is 16.9 Å². The molecule has 3 rings (SSSR count). The molecule has 0 aliphatic carbocycles. The van der Waals surface area contributed by atoms with Crippen molar-refractivity contribution in [3.63, 3.8) is 0 Å². The van der Waals surface area contributed by atoms with Crippen LogP contribution in [-0.4, -0.2) is 45.9 Å². The molecule has 0 bridgehead atoms. The number of hydrogen-bond donors (Lipinski definition) is 2. The molecule has 3 atom stereocenters. The van der Waals surface area contributed by atoms with Gasteiger partial charge < -0.3 is 20.1 Å². The number of rotatable bonds is 5. The Morgan fingerprint density at radius 2 is 2.08 bits per heavy atom. The van der Waals surface area contributed by atoms with Crippen molar-refractivity contribution in [1.29, 1.82) is 0 Å². The third kappa shape index (κ3) is 2.90. The molecule has 2 amide bonds. The van der Waals surface area contributed by atoms with E-state index in [4.69, 9.17) is 9.84 Å². The van der Waals surface area contributed by atoms with Crippen LogP contribution < -0.4 is 5.32 Å². The summed E-state index contributed by atoms with van der Waals surface area (Å²) in [6, 6.07) is 9.38. The van der Waals surface area contributed by atoms with Crippen LogP contribution in [0.15, 0.2) is 42.6 Å². The Balaban J connectivity index is 1.88. The lowest BCUT2D eigenvalue weighted by molar-refractivity contribution is -0.165. The van der Waals surface area contributed by atoms with Crippen LogP contribution in [-0.2, 0) is 24.0 Å². The Hall–Kier alpha value is -2.32. The summed E-state index contributed by atoms with van der Waals surface area (Å²) >= 11 is 1.34. The van der Waals surface area contributed by atoms with Crippen LogP contribution in [0.3, 0.4) is 0 Å². The van der Waals surface area contributed by atoms with E-state index in [1.807, 2.05) is 30.3 Å². The number of amides is 2. The van der Waals surface area contributed by atoms with E-state index in [2.05, 4.69) is 5.32 Å². The van der Waals surface area contributed by atoms with Crippen molar-refractivity contribution in [3.8, 4) is 0 Å². The van der Waals surface area contributed by atoms with Crippen molar-refractivity contribution >= 4 is 29.5 Å². The first-order valence-corrected chi connectivity index (χ1v) is 8.18. The van der Waals surface area contributed by atoms with Gasteiger partial charge in [0, 0.05) is 13.1 Å². The third-order valence-corrected chi connectivity index (χ3v) is 5.32. The Kier molecular flexibility index (Phi) is 4.33. The van der Waals surface area contributed by atoms with E-state index in [0.29, 0.717) is 0 Å². The van der Waals surface area contributed by atoms with Crippen LogP contribution >= 0.6 is 11.8 Å². The highest BCUT2D eigenvalue weighted by molar-refractivity contribution is 8.01. The molecule has 2 N–H and O–H groups in total. The third-order valence-electron chi connectivity index (χ3n) is 3.76. The number of ether oxygens (including phenoxy) is 1. The van der Waals surface area contributed by atoms with Crippen molar-refractivity contribution in [2.75, 3.05) is 6.61 Å². The first-order chi connectivity index (χ1) is 11.4. The summed E-state index contributed by atoms with van der Waals surface area (Å²) in [5.41, 5.74) is 0.859. The van der Waals surface area contributed by atoms with Crippen LogP contribution in [0, 0.1) is 0 Å². The van der Waals surface area contributed by atoms with Crippen LogP contribution in [0.2, 0.25) is 0 Å². The van der Waals surface area contributed by atoms with Gasteiger partial charge in [-0.1, -0.05) is 42.1 Å². The maximum Gasteiger partial charge on any atom is 0.329 e. The fourth-order valence-electron chi connectivity index (χ4n) is 2.72. The number of nitrogens with zero attached hydrogens (tertiary/aromatic N) is 1. The summed E-state index contributed by atoms with van der Waals surface area (Å²) in [6.07, 6.45) is 2.54. The molecule has 0 radical (unpaired) electrons. The van der Waals surface area contributed by atoms with E-state index in [1.54, 1.807) is 12.3 Å². The highest BCUT2D eigenvalue weighted by Crippen LogP contribution is 2.48. The number of fused-ring (bicyclic) bond motifs is 1. The monoisotopic (exact) mass is 348 g/mol. The maximum absolute atomic E-state index is 12.0. The standard InChI is InChI=1S/C16H16N2O5S/c1-10(19)17-16(11-5-3-2-4-6-11)7-8-18-14(22)13(15(18)24-16)23-9-12(20)21/h2-8,13,15H,9H2,1H3,(H,17,19)(H,20,21)/t13?,15-,16?/m1/s1. The molecule has 2 unspecified atom stereocenters. The number of β-lactam (4-membered cyclic amide) rings is 1. The van der Waals surface area contributed by atoms with Crippen molar-refractivity contribution in [2.45, 2.75) is 23.3 Å². The van der Waals surface area contributed by atoms with Crippen molar-refractivity contribution in [2.24, 2.45) is 0 Å². The first-order valence-electron chi connectivity index (χ1n) is 7.30. The van der Waals surface area contributed by atoms with Gasteiger partial charge in [0.25, 0.3) is 5.91 Å². The van der Waals surface area contributed by atoms with E-state index in [9.17, 15) is 14.4 Å². The molecule has 2 aliphatic rings. The van der Waals surface area contributed by atoms with Gasteiger partial charge in [-0.3, -0.25) is 9.59 Å². The number of hydrogen-bond acceptors (Lipinski definition) is 5. The minimum Gasteiger partial charge on any atom is -0.480 e. The Bertz CT molecular complexity index is 708. The Labute approximate surface area is 142 Å². The zero-order valence-corrected chi connectivity index (χ0v) is 13.7. The first kappa shape index (κ1) is 16.5. The topological polar surface area (TPSA) is 95.9 Å². The summed E-state index contributed by atoms with van der Waals surface area (Å²) in [6.45, 7) is 0.888. The van der Waals surface area contributed by atoms with Crippen LogP contribution in [0.1, 0.15) is 12.5 Å². The molecular formula is C16H16N2O5S. The lowest BCUT2D eigenvalue weighted by Crippen LogP contribution is -2.65. The van der Waals surface area contributed by atoms with Gasteiger partial charge in [-0.15, -0.1) is 0 Å². The number of carboxylic acids is 1. The molecule has 2 heterocycles. The highest BCUT2D eigenvalue weighted by atomic mass is 32.2. The van der Waals surface area contributed by atoms with E-state index in [-0.39, 0.29) is 11.8 Å². The van der Waals surface area contributed by atoms with Crippen LogP contribution in [0.25, 0.3) is 0 Å². The molecule has 1 aromatic carbocycles. The molecule has 0 aromatic heterocycles. The summed E-state index contributed by atoms with van der Waals surface area (Å²) in [7, 11) is 0. The van der Waals surface area contributed by atoms with Gasteiger partial charge in [0.2, 0.25) is 5.91 Å². The fraction of sp³-hybridized carbons (Fsp3) is 0.312. The smallest absolute Gasteiger partial charge is 0.329 e.